The van der Waals surface area contributed by atoms with Gasteiger partial charge >= 0.3 is 0 Å². The highest BCUT2D eigenvalue weighted by Gasteiger charge is 2.00. The second-order valence-corrected chi connectivity index (χ2v) is 3.58. The molecule has 1 rings (SSSR count). The van der Waals surface area contributed by atoms with Crippen LogP contribution in [0.4, 0.5) is 5.69 Å². The molecule has 1 aromatic carbocycles. The molecule has 0 atom stereocenters. The first-order valence-electron chi connectivity index (χ1n) is 4.57. The van der Waals surface area contributed by atoms with Crippen molar-refractivity contribution in [1.82, 2.24) is 0 Å². The van der Waals surface area contributed by atoms with Gasteiger partial charge in [-0.1, -0.05) is 12.1 Å². The normalized spacial score (nSPS) is 10.3. The number of hydrogen-bond donors (Lipinski definition) is 1. The Morgan fingerprint density at radius 2 is 2.27 bits per heavy atom. The Kier molecular flexibility index (Phi) is 4.90. The highest BCUT2D eigenvalue weighted by Crippen LogP contribution is 2.20. The molecule has 0 heterocycles. The minimum atomic E-state index is -0.213. The van der Waals surface area contributed by atoms with E-state index in [-0.39, 0.29) is 5.91 Å². The van der Waals surface area contributed by atoms with E-state index >= 15 is 0 Å². The lowest BCUT2D eigenvalue weighted by Gasteiger charge is -2.03. The zero-order chi connectivity index (χ0) is 11.1. The fraction of sp³-hybridized carbons (Fsp3) is 0.182. The van der Waals surface area contributed by atoms with Gasteiger partial charge in [-0.05, 0) is 35.0 Å². The van der Waals surface area contributed by atoms with Crippen LogP contribution in [0.2, 0.25) is 0 Å². The summed E-state index contributed by atoms with van der Waals surface area (Å²) in [5.74, 6) is -0.213. The van der Waals surface area contributed by atoms with Crippen LogP contribution >= 0.6 is 15.9 Å². The molecule has 0 unspecified atom stereocenters. The van der Waals surface area contributed by atoms with Crippen LogP contribution in [-0.4, -0.2) is 12.5 Å². The fourth-order valence-electron chi connectivity index (χ4n) is 0.943. The quantitative estimate of drug-likeness (QED) is 0.674. The number of carbonyl (C=O) groups excluding carboxylic acids is 1. The van der Waals surface area contributed by atoms with Crippen LogP contribution < -0.4 is 5.32 Å². The molecule has 0 saturated heterocycles. The molecule has 1 aromatic rings. The molecule has 1 N–H and O–H groups in total. The van der Waals surface area contributed by atoms with Gasteiger partial charge in [0.1, 0.15) is 0 Å². The van der Waals surface area contributed by atoms with Crippen LogP contribution in [0, 0.1) is 0 Å². The van der Waals surface area contributed by atoms with Crippen molar-refractivity contribution >= 4 is 27.5 Å². The SMILES string of the molecule is CCO/C=C/C(=O)Nc1ccccc1Br. The fourth-order valence-corrected chi connectivity index (χ4v) is 1.33. The summed E-state index contributed by atoms with van der Waals surface area (Å²) in [6.45, 7) is 2.41. The maximum absolute atomic E-state index is 11.3. The van der Waals surface area contributed by atoms with E-state index in [1.165, 1.54) is 12.3 Å². The number of hydrogen-bond acceptors (Lipinski definition) is 2. The first-order chi connectivity index (χ1) is 7.24. The Morgan fingerprint density at radius 3 is 2.93 bits per heavy atom. The number of halogens is 1. The Labute approximate surface area is 97.3 Å². The van der Waals surface area contributed by atoms with Crippen molar-refractivity contribution < 1.29 is 9.53 Å². The predicted octanol–water partition coefficient (Wildman–Crippen LogP) is 2.94. The van der Waals surface area contributed by atoms with Crippen molar-refractivity contribution in [2.45, 2.75) is 6.92 Å². The Morgan fingerprint density at radius 1 is 1.53 bits per heavy atom. The number of ether oxygens (including phenoxy) is 1. The largest absolute Gasteiger partial charge is 0.501 e. The molecule has 0 aliphatic heterocycles. The maximum Gasteiger partial charge on any atom is 0.251 e. The van der Waals surface area contributed by atoms with Crippen LogP contribution in [0.3, 0.4) is 0 Å². The van der Waals surface area contributed by atoms with Gasteiger partial charge in [-0.15, -0.1) is 0 Å². The summed E-state index contributed by atoms with van der Waals surface area (Å²) in [7, 11) is 0. The van der Waals surface area contributed by atoms with E-state index in [2.05, 4.69) is 21.2 Å². The van der Waals surface area contributed by atoms with Gasteiger partial charge in [-0.25, -0.2) is 0 Å². The lowest BCUT2D eigenvalue weighted by atomic mass is 10.3. The predicted molar refractivity (Wildman–Crippen MR) is 63.5 cm³/mol. The molecule has 4 heteroatoms. The molecule has 0 fully saturated rings. The van der Waals surface area contributed by atoms with Gasteiger partial charge in [0.25, 0.3) is 5.91 Å². The summed E-state index contributed by atoms with van der Waals surface area (Å²) >= 11 is 3.34. The molecule has 0 bridgehead atoms. The number of amides is 1. The smallest absolute Gasteiger partial charge is 0.251 e. The second kappa shape index (κ2) is 6.24. The number of nitrogens with one attached hydrogen (secondary N) is 1. The van der Waals surface area contributed by atoms with Gasteiger partial charge in [0.2, 0.25) is 0 Å². The molecular formula is C11H12BrNO2. The number of rotatable bonds is 4. The Balaban J connectivity index is 2.55. The van der Waals surface area contributed by atoms with Crippen LogP contribution in [0.5, 0.6) is 0 Å². The van der Waals surface area contributed by atoms with E-state index in [1.54, 1.807) is 0 Å². The zero-order valence-corrected chi connectivity index (χ0v) is 9.95. The van der Waals surface area contributed by atoms with Crippen molar-refractivity contribution in [2.24, 2.45) is 0 Å². The summed E-state index contributed by atoms with van der Waals surface area (Å²) in [5, 5.41) is 2.72. The van der Waals surface area contributed by atoms with Crippen LogP contribution in [-0.2, 0) is 9.53 Å². The summed E-state index contributed by atoms with van der Waals surface area (Å²) in [4.78, 5) is 11.3. The average Bonchev–Trinajstić information content (AvgIpc) is 2.22. The minimum absolute atomic E-state index is 0.213. The molecule has 0 saturated carbocycles. The third-order valence-electron chi connectivity index (χ3n) is 1.61. The summed E-state index contributed by atoms with van der Waals surface area (Å²) in [6, 6.07) is 7.42. The second-order valence-electron chi connectivity index (χ2n) is 2.73. The monoisotopic (exact) mass is 269 g/mol. The van der Waals surface area contributed by atoms with Crippen LogP contribution in [0.25, 0.3) is 0 Å². The summed E-state index contributed by atoms with van der Waals surface area (Å²) in [5.41, 5.74) is 0.739. The standard InChI is InChI=1S/C11H12BrNO2/c1-2-15-8-7-11(14)13-10-6-4-3-5-9(10)12/h3-8H,2H2,1H3,(H,13,14)/b8-7+. The molecule has 0 aliphatic rings. The molecular weight excluding hydrogens is 258 g/mol. The Hall–Kier alpha value is -1.29. The van der Waals surface area contributed by atoms with E-state index in [0.29, 0.717) is 6.61 Å². The van der Waals surface area contributed by atoms with Crippen LogP contribution in [0.15, 0.2) is 41.1 Å². The van der Waals surface area contributed by atoms with Crippen molar-refractivity contribution in [2.75, 3.05) is 11.9 Å². The highest BCUT2D eigenvalue weighted by molar-refractivity contribution is 9.10. The van der Waals surface area contributed by atoms with E-state index in [0.717, 1.165) is 10.2 Å². The van der Waals surface area contributed by atoms with E-state index in [9.17, 15) is 4.79 Å². The van der Waals surface area contributed by atoms with Gasteiger partial charge < -0.3 is 10.1 Å². The van der Waals surface area contributed by atoms with Crippen molar-refractivity contribution in [1.29, 1.82) is 0 Å². The first-order valence-corrected chi connectivity index (χ1v) is 5.37. The molecule has 0 aromatic heterocycles. The first kappa shape index (κ1) is 11.8. The minimum Gasteiger partial charge on any atom is -0.501 e. The number of anilines is 1. The number of benzene rings is 1. The van der Waals surface area contributed by atoms with Gasteiger partial charge in [0, 0.05) is 10.5 Å². The number of carbonyl (C=O) groups is 1. The molecule has 80 valence electrons. The van der Waals surface area contributed by atoms with Crippen molar-refractivity contribution in [3.8, 4) is 0 Å². The average molecular weight is 270 g/mol. The van der Waals surface area contributed by atoms with Crippen molar-refractivity contribution in [3.05, 3.63) is 41.1 Å². The third-order valence-corrected chi connectivity index (χ3v) is 2.31. The Bertz CT molecular complexity index is 363. The van der Waals surface area contributed by atoms with E-state index in [1.807, 2.05) is 31.2 Å². The molecule has 15 heavy (non-hydrogen) atoms. The van der Waals surface area contributed by atoms with Gasteiger partial charge in [0.05, 0.1) is 18.6 Å². The molecule has 0 aliphatic carbocycles. The van der Waals surface area contributed by atoms with Crippen molar-refractivity contribution in [3.63, 3.8) is 0 Å². The molecule has 3 nitrogen and oxygen atoms in total. The van der Waals surface area contributed by atoms with E-state index in [4.69, 9.17) is 4.74 Å². The summed E-state index contributed by atoms with van der Waals surface area (Å²) < 4.78 is 5.77. The number of para-hydroxylation sites is 1. The molecule has 1 amide bonds. The van der Waals surface area contributed by atoms with E-state index < -0.39 is 0 Å². The molecule has 0 radical (unpaired) electrons. The van der Waals surface area contributed by atoms with Gasteiger partial charge in [-0.2, -0.15) is 0 Å². The summed E-state index contributed by atoms with van der Waals surface area (Å²) in [6.07, 6.45) is 2.73. The molecule has 0 spiro atoms. The lowest BCUT2D eigenvalue weighted by Crippen LogP contribution is -2.08. The third kappa shape index (κ3) is 4.16. The maximum atomic E-state index is 11.3. The lowest BCUT2D eigenvalue weighted by molar-refractivity contribution is -0.112. The van der Waals surface area contributed by atoms with Gasteiger partial charge in [0.15, 0.2) is 0 Å². The highest BCUT2D eigenvalue weighted by atomic mass is 79.9. The zero-order valence-electron chi connectivity index (χ0n) is 8.37. The topological polar surface area (TPSA) is 38.3 Å². The van der Waals surface area contributed by atoms with Gasteiger partial charge in [-0.3, -0.25) is 4.79 Å². The van der Waals surface area contributed by atoms with Crippen LogP contribution in [0.1, 0.15) is 6.92 Å².